The van der Waals surface area contributed by atoms with Gasteiger partial charge in [0.05, 0.1) is 6.33 Å². The molecule has 2 aromatic carbocycles. The number of fused-ring (bicyclic) bond motifs is 1. The maximum Gasteiger partial charge on any atom is 0.232 e. The van der Waals surface area contributed by atoms with Crippen LogP contribution in [0.25, 0.3) is 11.2 Å². The van der Waals surface area contributed by atoms with E-state index in [0.29, 0.717) is 23.6 Å². The summed E-state index contributed by atoms with van der Waals surface area (Å²) >= 11 is 0. The van der Waals surface area contributed by atoms with E-state index in [1.54, 1.807) is 6.20 Å². The van der Waals surface area contributed by atoms with Gasteiger partial charge in [0.2, 0.25) is 5.95 Å². The Morgan fingerprint density at radius 2 is 1.53 bits per heavy atom. The van der Waals surface area contributed by atoms with Gasteiger partial charge in [-0.15, -0.1) is 0 Å². The summed E-state index contributed by atoms with van der Waals surface area (Å²) in [7, 11) is 0. The van der Waals surface area contributed by atoms with Gasteiger partial charge in [0, 0.05) is 17.9 Å². The highest BCUT2D eigenvalue weighted by atomic mass is 16.5. The van der Waals surface area contributed by atoms with Crippen LogP contribution in [0.15, 0.2) is 85.3 Å². The Hall–Kier alpha value is -4.46. The molecule has 8 nitrogen and oxygen atoms in total. The third-order valence-electron chi connectivity index (χ3n) is 6.39. The molecule has 3 heterocycles. The second-order valence-corrected chi connectivity index (χ2v) is 8.92. The fourth-order valence-electron chi connectivity index (χ4n) is 4.60. The highest BCUT2D eigenvalue weighted by molar-refractivity contribution is 5.87. The molecule has 0 saturated heterocycles. The van der Waals surface area contributed by atoms with Gasteiger partial charge >= 0.3 is 0 Å². The Morgan fingerprint density at radius 3 is 2.31 bits per heavy atom. The van der Waals surface area contributed by atoms with E-state index in [1.807, 2.05) is 79.1 Å². The molecule has 6 rings (SSSR count). The predicted molar refractivity (Wildman–Crippen MR) is 141 cm³/mol. The lowest BCUT2D eigenvalue weighted by Gasteiger charge is -2.23. The molecule has 3 aromatic heterocycles. The lowest BCUT2D eigenvalue weighted by molar-refractivity contribution is 0.358. The molecule has 1 aliphatic rings. The Bertz CT molecular complexity index is 1430. The van der Waals surface area contributed by atoms with Crippen LogP contribution in [0, 0.1) is 0 Å². The number of pyridine rings is 1. The van der Waals surface area contributed by atoms with E-state index in [2.05, 4.69) is 20.2 Å². The average molecular weight is 478 g/mol. The molecular weight excluding hydrogens is 450 g/mol. The smallest absolute Gasteiger partial charge is 0.232 e. The molecular formula is C28H27N7O. The van der Waals surface area contributed by atoms with Crippen molar-refractivity contribution in [1.82, 2.24) is 24.5 Å². The number of hydrogen-bond donors (Lipinski definition) is 2. The third-order valence-corrected chi connectivity index (χ3v) is 6.39. The van der Waals surface area contributed by atoms with Crippen LogP contribution in [0.1, 0.15) is 38.1 Å². The zero-order valence-corrected chi connectivity index (χ0v) is 19.8. The van der Waals surface area contributed by atoms with Crippen LogP contribution in [0.5, 0.6) is 11.5 Å². The zero-order valence-electron chi connectivity index (χ0n) is 19.8. The summed E-state index contributed by atoms with van der Waals surface area (Å²) in [6, 6.07) is 23.6. The first-order chi connectivity index (χ1) is 17.8. The molecule has 36 heavy (non-hydrogen) atoms. The molecule has 0 aliphatic heterocycles. The number of aromatic nitrogens is 5. The summed E-state index contributed by atoms with van der Waals surface area (Å²) in [6.45, 7) is 0. The van der Waals surface area contributed by atoms with Gasteiger partial charge in [-0.05, 0) is 61.4 Å². The van der Waals surface area contributed by atoms with Crippen molar-refractivity contribution in [3.05, 3.63) is 85.3 Å². The van der Waals surface area contributed by atoms with Crippen molar-refractivity contribution < 1.29 is 4.74 Å². The molecule has 0 amide bonds. The number of nitrogens with zero attached hydrogens (tertiary/aromatic N) is 5. The first-order valence-electron chi connectivity index (χ1n) is 12.3. The Morgan fingerprint density at radius 1 is 0.750 bits per heavy atom. The normalized spacial score (nSPS) is 14.0. The highest BCUT2D eigenvalue weighted by Gasteiger charge is 2.21. The minimum absolute atomic E-state index is 0.406. The fourth-order valence-corrected chi connectivity index (χ4v) is 4.60. The number of rotatable bonds is 7. The predicted octanol–water partition coefficient (Wildman–Crippen LogP) is 7.01. The summed E-state index contributed by atoms with van der Waals surface area (Å²) in [5.74, 6) is 3.37. The van der Waals surface area contributed by atoms with Gasteiger partial charge in [0.1, 0.15) is 17.3 Å². The lowest BCUT2D eigenvalue weighted by atomic mass is 9.95. The van der Waals surface area contributed by atoms with Gasteiger partial charge < -0.3 is 19.9 Å². The largest absolute Gasteiger partial charge is 0.457 e. The van der Waals surface area contributed by atoms with E-state index in [9.17, 15) is 0 Å². The van der Waals surface area contributed by atoms with Crippen molar-refractivity contribution in [2.24, 2.45) is 0 Å². The quantitative estimate of drug-likeness (QED) is 0.261. The minimum Gasteiger partial charge on any atom is -0.457 e. The zero-order chi connectivity index (χ0) is 24.2. The van der Waals surface area contributed by atoms with E-state index in [4.69, 9.17) is 19.7 Å². The first-order valence-corrected chi connectivity index (χ1v) is 12.3. The topological polar surface area (TPSA) is 89.8 Å². The van der Waals surface area contributed by atoms with Gasteiger partial charge in [-0.1, -0.05) is 43.5 Å². The van der Waals surface area contributed by atoms with Gasteiger partial charge in [-0.3, -0.25) is 0 Å². The first kappa shape index (κ1) is 22.0. The standard InChI is InChI=1S/C28H27N7O/c1-3-9-21(10-4-1)35-19-30-25-26(33-28(34-27(25)35)32-24-13-7-8-18-29-24)31-20-14-16-23(17-15-20)36-22-11-5-2-6-12-22/h2,5-8,11-19,21H,1,3-4,9-10H2,(H2,29,31,32,33,34). The molecule has 1 saturated carbocycles. The maximum absolute atomic E-state index is 5.92. The van der Waals surface area contributed by atoms with Crippen LogP contribution < -0.4 is 15.4 Å². The number of benzene rings is 2. The van der Waals surface area contributed by atoms with Crippen molar-refractivity contribution >= 4 is 34.4 Å². The lowest BCUT2D eigenvalue weighted by Crippen LogP contribution is -2.13. The summed E-state index contributed by atoms with van der Waals surface area (Å²) in [6.07, 6.45) is 9.69. The van der Waals surface area contributed by atoms with Gasteiger partial charge in [0.25, 0.3) is 0 Å². The minimum atomic E-state index is 0.406. The fraction of sp³-hybridized carbons (Fsp3) is 0.214. The molecule has 2 N–H and O–H groups in total. The van der Waals surface area contributed by atoms with E-state index >= 15 is 0 Å². The van der Waals surface area contributed by atoms with Crippen LogP contribution in [0.4, 0.5) is 23.3 Å². The van der Waals surface area contributed by atoms with Crippen LogP contribution in [-0.2, 0) is 0 Å². The number of imidazole rings is 1. The molecule has 8 heteroatoms. The molecule has 0 atom stereocenters. The van der Waals surface area contributed by atoms with Crippen LogP contribution >= 0.6 is 0 Å². The second-order valence-electron chi connectivity index (χ2n) is 8.92. The van der Waals surface area contributed by atoms with Gasteiger partial charge in [-0.2, -0.15) is 9.97 Å². The van der Waals surface area contributed by atoms with Gasteiger partial charge in [0.15, 0.2) is 17.0 Å². The number of hydrogen-bond acceptors (Lipinski definition) is 7. The number of nitrogens with one attached hydrogen (secondary N) is 2. The Balaban J connectivity index is 1.32. The van der Waals surface area contributed by atoms with Crippen molar-refractivity contribution in [1.29, 1.82) is 0 Å². The van der Waals surface area contributed by atoms with E-state index in [0.717, 1.165) is 41.2 Å². The van der Waals surface area contributed by atoms with E-state index in [1.165, 1.54) is 19.3 Å². The van der Waals surface area contributed by atoms with Crippen LogP contribution in [0.3, 0.4) is 0 Å². The molecule has 5 aromatic rings. The van der Waals surface area contributed by atoms with Crippen molar-refractivity contribution in [3.8, 4) is 11.5 Å². The Labute approximate surface area is 209 Å². The molecule has 1 fully saturated rings. The summed E-state index contributed by atoms with van der Waals surface area (Å²) in [4.78, 5) is 18.7. The summed E-state index contributed by atoms with van der Waals surface area (Å²) in [5.41, 5.74) is 2.45. The van der Waals surface area contributed by atoms with Crippen LogP contribution in [-0.4, -0.2) is 24.5 Å². The molecule has 0 unspecified atom stereocenters. The Kier molecular flexibility index (Phi) is 6.14. The SMILES string of the molecule is c1ccc(Oc2ccc(Nc3nc(Nc4ccccn4)nc4c3ncn4C3CCCCC3)cc2)cc1. The van der Waals surface area contributed by atoms with Crippen molar-refractivity contribution in [2.45, 2.75) is 38.1 Å². The summed E-state index contributed by atoms with van der Waals surface area (Å²) in [5, 5.41) is 6.68. The van der Waals surface area contributed by atoms with E-state index in [-0.39, 0.29) is 0 Å². The monoisotopic (exact) mass is 477 g/mol. The molecule has 1 aliphatic carbocycles. The third kappa shape index (κ3) is 4.84. The number of para-hydroxylation sites is 1. The second kappa shape index (κ2) is 10.0. The highest BCUT2D eigenvalue weighted by Crippen LogP contribution is 2.33. The van der Waals surface area contributed by atoms with Crippen LogP contribution in [0.2, 0.25) is 0 Å². The number of ether oxygens (including phenoxy) is 1. The van der Waals surface area contributed by atoms with Crippen molar-refractivity contribution in [2.75, 3.05) is 10.6 Å². The summed E-state index contributed by atoms with van der Waals surface area (Å²) < 4.78 is 8.13. The van der Waals surface area contributed by atoms with E-state index < -0.39 is 0 Å². The van der Waals surface area contributed by atoms with Gasteiger partial charge in [-0.25, -0.2) is 9.97 Å². The maximum atomic E-state index is 5.92. The molecule has 180 valence electrons. The van der Waals surface area contributed by atoms with Crippen molar-refractivity contribution in [3.63, 3.8) is 0 Å². The average Bonchev–Trinajstić information content (AvgIpc) is 3.36. The molecule has 0 bridgehead atoms. The molecule has 0 spiro atoms. The molecule has 0 radical (unpaired) electrons. The number of anilines is 4.